The molecule has 2 aromatic heterocycles. The lowest BCUT2D eigenvalue weighted by Crippen LogP contribution is -2.37. The average molecular weight is 376 g/mol. The van der Waals surface area contributed by atoms with Crippen LogP contribution in [0.2, 0.25) is 0 Å². The summed E-state index contributed by atoms with van der Waals surface area (Å²) in [6.45, 7) is 0. The van der Waals surface area contributed by atoms with E-state index in [1.54, 1.807) is 25.4 Å². The summed E-state index contributed by atoms with van der Waals surface area (Å²) < 4.78 is 18.0. The van der Waals surface area contributed by atoms with Gasteiger partial charge in [0, 0.05) is 20.3 Å². The second-order valence-electron chi connectivity index (χ2n) is 7.00. The molecule has 0 bridgehead atoms. The molecule has 5 rings (SSSR count). The van der Waals surface area contributed by atoms with Crippen LogP contribution in [0, 0.1) is 5.82 Å². The number of rotatable bonds is 1. The SMILES string of the molecule is Cn1c(=O)c2cn3c(c2n(C)c1=O)C(c1ccc(F)cc1)Nc1ccccc1-3. The molecular weight excluding hydrogens is 359 g/mol. The molecule has 7 heteroatoms. The predicted octanol–water partition coefficient (Wildman–Crippen LogP) is 2.68. The molecule has 0 saturated carbocycles. The first-order chi connectivity index (χ1) is 13.5. The maximum atomic E-state index is 13.5. The molecule has 0 spiro atoms. The number of nitrogens with one attached hydrogen (secondary N) is 1. The standard InChI is InChI=1S/C21H17FN4O2/c1-24-18-14(20(27)25(2)21(24)28)11-26-16-6-4-3-5-15(16)23-17(19(18)26)12-7-9-13(22)10-8-12/h3-11,17,23H,1-2H3. The molecule has 1 aliphatic rings. The Hall–Kier alpha value is -3.61. The minimum absolute atomic E-state index is 0.318. The Balaban J connectivity index is 1.93. The third-order valence-corrected chi connectivity index (χ3v) is 5.40. The minimum atomic E-state index is -0.386. The molecule has 0 radical (unpaired) electrons. The maximum Gasteiger partial charge on any atom is 0.331 e. The lowest BCUT2D eigenvalue weighted by Gasteiger charge is -2.30. The Kier molecular flexibility index (Phi) is 3.37. The van der Waals surface area contributed by atoms with Crippen molar-refractivity contribution in [3.05, 3.63) is 92.6 Å². The van der Waals surface area contributed by atoms with E-state index >= 15 is 0 Å². The molecule has 1 aliphatic heterocycles. The van der Waals surface area contributed by atoms with Gasteiger partial charge in [0.1, 0.15) is 5.82 Å². The van der Waals surface area contributed by atoms with E-state index in [4.69, 9.17) is 0 Å². The number of benzene rings is 2. The van der Waals surface area contributed by atoms with Gasteiger partial charge in [0.15, 0.2) is 0 Å². The first-order valence-corrected chi connectivity index (χ1v) is 8.89. The van der Waals surface area contributed by atoms with Crippen LogP contribution in [-0.4, -0.2) is 13.7 Å². The van der Waals surface area contributed by atoms with Gasteiger partial charge in [-0.25, -0.2) is 9.18 Å². The van der Waals surface area contributed by atoms with Crippen molar-refractivity contribution < 1.29 is 4.39 Å². The van der Waals surface area contributed by atoms with Gasteiger partial charge in [0.25, 0.3) is 5.56 Å². The van der Waals surface area contributed by atoms with Gasteiger partial charge in [-0.05, 0) is 29.8 Å². The Bertz CT molecular complexity index is 1360. The zero-order valence-corrected chi connectivity index (χ0v) is 15.3. The monoisotopic (exact) mass is 376 g/mol. The minimum Gasteiger partial charge on any atom is -0.371 e. The molecule has 0 amide bonds. The van der Waals surface area contributed by atoms with Crippen LogP contribution in [0.5, 0.6) is 0 Å². The van der Waals surface area contributed by atoms with Crippen molar-refractivity contribution in [1.82, 2.24) is 13.7 Å². The van der Waals surface area contributed by atoms with E-state index in [0.717, 1.165) is 27.2 Å². The third kappa shape index (κ3) is 2.13. The van der Waals surface area contributed by atoms with Gasteiger partial charge in [-0.15, -0.1) is 0 Å². The molecule has 1 unspecified atom stereocenters. The van der Waals surface area contributed by atoms with E-state index in [2.05, 4.69) is 5.32 Å². The van der Waals surface area contributed by atoms with Crippen LogP contribution in [0.15, 0.2) is 64.3 Å². The highest BCUT2D eigenvalue weighted by Gasteiger charge is 2.30. The third-order valence-electron chi connectivity index (χ3n) is 5.40. The lowest BCUT2D eigenvalue weighted by molar-refractivity contribution is 0.626. The second-order valence-corrected chi connectivity index (χ2v) is 7.00. The van der Waals surface area contributed by atoms with Crippen molar-refractivity contribution in [2.75, 3.05) is 5.32 Å². The second kappa shape index (κ2) is 5.69. The quantitative estimate of drug-likeness (QED) is 0.556. The number of nitrogens with zero attached hydrogens (tertiary/aromatic N) is 3. The smallest absolute Gasteiger partial charge is 0.331 e. The molecule has 6 nitrogen and oxygen atoms in total. The van der Waals surface area contributed by atoms with Crippen LogP contribution in [0.25, 0.3) is 16.6 Å². The van der Waals surface area contributed by atoms with Gasteiger partial charge in [-0.1, -0.05) is 24.3 Å². The fourth-order valence-electron chi connectivity index (χ4n) is 4.01. The van der Waals surface area contributed by atoms with Gasteiger partial charge >= 0.3 is 5.69 Å². The Morgan fingerprint density at radius 2 is 1.68 bits per heavy atom. The van der Waals surface area contributed by atoms with E-state index in [0.29, 0.717) is 10.9 Å². The van der Waals surface area contributed by atoms with Crippen molar-refractivity contribution in [2.24, 2.45) is 14.1 Å². The number of fused-ring (bicyclic) bond motifs is 5. The fourth-order valence-corrected chi connectivity index (χ4v) is 4.01. The van der Waals surface area contributed by atoms with Crippen LogP contribution >= 0.6 is 0 Å². The van der Waals surface area contributed by atoms with E-state index in [1.165, 1.54) is 23.7 Å². The van der Waals surface area contributed by atoms with Gasteiger partial charge in [0.05, 0.1) is 34.0 Å². The summed E-state index contributed by atoms with van der Waals surface area (Å²) in [5.74, 6) is -0.318. The van der Waals surface area contributed by atoms with E-state index in [-0.39, 0.29) is 23.1 Å². The summed E-state index contributed by atoms with van der Waals surface area (Å²) in [5, 5.41) is 3.94. The number of hydrogen-bond acceptors (Lipinski definition) is 3. The summed E-state index contributed by atoms with van der Waals surface area (Å²) in [5.41, 5.74) is 3.25. The summed E-state index contributed by atoms with van der Waals surface area (Å²) in [6, 6.07) is 13.7. The number of para-hydroxylation sites is 2. The van der Waals surface area contributed by atoms with E-state index in [1.807, 2.05) is 28.8 Å². The van der Waals surface area contributed by atoms with Crippen LogP contribution in [0.1, 0.15) is 17.3 Å². The molecule has 140 valence electrons. The van der Waals surface area contributed by atoms with Crippen LogP contribution in [-0.2, 0) is 14.1 Å². The fraction of sp³-hybridized carbons (Fsp3) is 0.143. The first kappa shape index (κ1) is 16.6. The number of aryl methyl sites for hydroxylation is 1. The first-order valence-electron chi connectivity index (χ1n) is 8.89. The van der Waals surface area contributed by atoms with Crippen LogP contribution in [0.4, 0.5) is 10.1 Å². The van der Waals surface area contributed by atoms with E-state index < -0.39 is 0 Å². The van der Waals surface area contributed by atoms with Gasteiger partial charge in [0.2, 0.25) is 0 Å². The number of hydrogen-bond donors (Lipinski definition) is 1. The molecule has 1 N–H and O–H groups in total. The number of halogens is 1. The van der Waals surface area contributed by atoms with Gasteiger partial charge in [-0.2, -0.15) is 0 Å². The summed E-state index contributed by atoms with van der Waals surface area (Å²) >= 11 is 0. The normalized spacial score (nSPS) is 15.2. The molecule has 0 saturated heterocycles. The highest BCUT2D eigenvalue weighted by molar-refractivity contribution is 5.86. The number of anilines is 1. The Labute approximate surface area is 159 Å². The lowest BCUT2D eigenvalue weighted by atomic mass is 9.99. The molecule has 1 atom stereocenters. The maximum absolute atomic E-state index is 13.5. The Morgan fingerprint density at radius 3 is 2.43 bits per heavy atom. The van der Waals surface area contributed by atoms with Crippen LogP contribution < -0.4 is 16.6 Å². The van der Waals surface area contributed by atoms with Gasteiger partial charge in [-0.3, -0.25) is 13.9 Å². The van der Waals surface area contributed by atoms with Crippen LogP contribution in [0.3, 0.4) is 0 Å². The van der Waals surface area contributed by atoms with Crippen molar-refractivity contribution in [3.63, 3.8) is 0 Å². The Morgan fingerprint density at radius 1 is 0.964 bits per heavy atom. The van der Waals surface area contributed by atoms with Crippen molar-refractivity contribution >= 4 is 16.6 Å². The summed E-state index contributed by atoms with van der Waals surface area (Å²) in [4.78, 5) is 25.4. The largest absolute Gasteiger partial charge is 0.371 e. The topological polar surface area (TPSA) is 61.0 Å². The molecule has 0 aliphatic carbocycles. The average Bonchev–Trinajstić information content (AvgIpc) is 3.12. The highest BCUT2D eigenvalue weighted by atomic mass is 19.1. The van der Waals surface area contributed by atoms with Crippen molar-refractivity contribution in [2.45, 2.75) is 6.04 Å². The molecule has 28 heavy (non-hydrogen) atoms. The summed E-state index contributed by atoms with van der Waals surface area (Å²) in [6.07, 6.45) is 1.78. The molecular formula is C21H17FN4O2. The zero-order chi connectivity index (χ0) is 19.6. The van der Waals surface area contributed by atoms with Crippen molar-refractivity contribution in [3.8, 4) is 5.69 Å². The number of aromatic nitrogens is 3. The summed E-state index contributed by atoms with van der Waals surface area (Å²) in [7, 11) is 3.14. The van der Waals surface area contributed by atoms with Gasteiger partial charge < -0.3 is 9.88 Å². The molecule has 2 aromatic carbocycles. The predicted molar refractivity (Wildman–Crippen MR) is 106 cm³/mol. The van der Waals surface area contributed by atoms with E-state index in [9.17, 15) is 14.0 Å². The molecule has 3 heterocycles. The molecule has 4 aromatic rings. The highest BCUT2D eigenvalue weighted by Crippen LogP contribution is 2.40. The zero-order valence-electron chi connectivity index (χ0n) is 15.3. The van der Waals surface area contributed by atoms with Crippen molar-refractivity contribution in [1.29, 1.82) is 0 Å². The molecule has 0 fully saturated rings.